The fourth-order valence-electron chi connectivity index (χ4n) is 0.936. The standard InChI is InChI=1S/C9H15N3O2/c1-7(2)10-5-6-14-9-8(13)11-3-4-12-9/h3-4,7,10H,5-6H2,1-2H3,(H,11,13). The normalized spacial score (nSPS) is 10.5. The van der Waals surface area contributed by atoms with Crippen LogP contribution in [0.15, 0.2) is 17.2 Å². The predicted molar refractivity (Wildman–Crippen MR) is 53.5 cm³/mol. The van der Waals surface area contributed by atoms with Crippen molar-refractivity contribution in [2.45, 2.75) is 19.9 Å². The number of nitrogens with zero attached hydrogens (tertiary/aromatic N) is 1. The third-order valence-corrected chi connectivity index (χ3v) is 1.57. The second kappa shape index (κ2) is 5.39. The monoisotopic (exact) mass is 197 g/mol. The maximum atomic E-state index is 11.1. The first-order valence-corrected chi connectivity index (χ1v) is 4.60. The molecule has 1 aromatic rings. The topological polar surface area (TPSA) is 67.0 Å². The molecule has 0 saturated carbocycles. The molecule has 1 aromatic heterocycles. The largest absolute Gasteiger partial charge is 0.472 e. The first-order chi connectivity index (χ1) is 6.70. The summed E-state index contributed by atoms with van der Waals surface area (Å²) in [5.41, 5.74) is -0.294. The Balaban J connectivity index is 2.32. The molecule has 0 amide bonds. The summed E-state index contributed by atoms with van der Waals surface area (Å²) in [5.74, 6) is 0.123. The van der Waals surface area contributed by atoms with Gasteiger partial charge in [-0.05, 0) is 0 Å². The Labute approximate surface area is 82.5 Å². The van der Waals surface area contributed by atoms with E-state index in [0.717, 1.165) is 0 Å². The van der Waals surface area contributed by atoms with Crippen LogP contribution >= 0.6 is 0 Å². The van der Waals surface area contributed by atoms with Crippen molar-refractivity contribution in [3.8, 4) is 5.88 Å². The number of rotatable bonds is 5. The Hall–Kier alpha value is -1.36. The van der Waals surface area contributed by atoms with Crippen molar-refractivity contribution in [1.29, 1.82) is 0 Å². The molecule has 0 radical (unpaired) electrons. The lowest BCUT2D eigenvalue weighted by Gasteiger charge is -2.07. The number of nitrogens with one attached hydrogen (secondary N) is 2. The highest BCUT2D eigenvalue weighted by atomic mass is 16.5. The van der Waals surface area contributed by atoms with E-state index in [4.69, 9.17) is 4.74 Å². The first-order valence-electron chi connectivity index (χ1n) is 4.60. The minimum atomic E-state index is -0.294. The molecule has 0 fully saturated rings. The zero-order valence-corrected chi connectivity index (χ0v) is 8.41. The number of ether oxygens (including phenoxy) is 1. The van der Waals surface area contributed by atoms with Gasteiger partial charge in [-0.15, -0.1) is 0 Å². The van der Waals surface area contributed by atoms with Crippen molar-refractivity contribution >= 4 is 0 Å². The Morgan fingerprint density at radius 1 is 1.64 bits per heavy atom. The Bertz CT molecular complexity index is 322. The van der Waals surface area contributed by atoms with Gasteiger partial charge in [0.25, 0.3) is 5.88 Å². The lowest BCUT2D eigenvalue weighted by atomic mass is 10.4. The fourth-order valence-corrected chi connectivity index (χ4v) is 0.936. The van der Waals surface area contributed by atoms with Crippen LogP contribution in [0.5, 0.6) is 5.88 Å². The molecule has 5 nitrogen and oxygen atoms in total. The Morgan fingerprint density at radius 2 is 2.43 bits per heavy atom. The molecular weight excluding hydrogens is 182 g/mol. The SMILES string of the molecule is CC(C)NCCOc1ncc[nH]c1=O. The van der Waals surface area contributed by atoms with Crippen molar-refractivity contribution < 1.29 is 4.74 Å². The van der Waals surface area contributed by atoms with Gasteiger partial charge in [-0.25, -0.2) is 4.98 Å². The molecule has 14 heavy (non-hydrogen) atoms. The van der Waals surface area contributed by atoms with Crippen LogP contribution in [0.4, 0.5) is 0 Å². The zero-order chi connectivity index (χ0) is 10.4. The van der Waals surface area contributed by atoms with Crippen LogP contribution in [-0.2, 0) is 0 Å². The summed E-state index contributed by atoms with van der Waals surface area (Å²) in [4.78, 5) is 17.4. The molecule has 0 atom stereocenters. The summed E-state index contributed by atoms with van der Waals surface area (Å²) in [6.07, 6.45) is 2.97. The maximum absolute atomic E-state index is 11.1. The minimum Gasteiger partial charge on any atom is -0.472 e. The zero-order valence-electron chi connectivity index (χ0n) is 8.41. The minimum absolute atomic E-state index is 0.123. The van der Waals surface area contributed by atoms with Gasteiger partial charge in [-0.1, -0.05) is 13.8 Å². The van der Waals surface area contributed by atoms with Gasteiger partial charge < -0.3 is 15.0 Å². The summed E-state index contributed by atoms with van der Waals surface area (Å²) in [6.45, 7) is 5.24. The molecule has 0 spiro atoms. The Morgan fingerprint density at radius 3 is 3.07 bits per heavy atom. The van der Waals surface area contributed by atoms with E-state index in [9.17, 15) is 4.79 Å². The second-order valence-electron chi connectivity index (χ2n) is 3.18. The summed E-state index contributed by atoms with van der Waals surface area (Å²) in [5, 5.41) is 3.17. The van der Waals surface area contributed by atoms with E-state index in [1.54, 1.807) is 0 Å². The lowest BCUT2D eigenvalue weighted by Crippen LogP contribution is -2.28. The lowest BCUT2D eigenvalue weighted by molar-refractivity contribution is 0.293. The molecule has 0 aliphatic heterocycles. The second-order valence-corrected chi connectivity index (χ2v) is 3.18. The summed E-state index contributed by atoms with van der Waals surface area (Å²) in [7, 11) is 0. The third kappa shape index (κ3) is 3.57. The van der Waals surface area contributed by atoms with Gasteiger partial charge in [0.1, 0.15) is 6.61 Å². The van der Waals surface area contributed by atoms with E-state index in [0.29, 0.717) is 19.2 Å². The highest BCUT2D eigenvalue weighted by Gasteiger charge is 1.99. The number of aromatic nitrogens is 2. The maximum Gasteiger partial charge on any atom is 0.310 e. The van der Waals surface area contributed by atoms with Crippen LogP contribution in [0, 0.1) is 0 Å². The number of hydrogen-bond donors (Lipinski definition) is 2. The number of aromatic amines is 1. The highest BCUT2D eigenvalue weighted by Crippen LogP contribution is 1.92. The molecule has 0 aromatic carbocycles. The average Bonchev–Trinajstić information content (AvgIpc) is 2.15. The molecule has 0 aliphatic rings. The van der Waals surface area contributed by atoms with Crippen molar-refractivity contribution in [1.82, 2.24) is 15.3 Å². The van der Waals surface area contributed by atoms with Gasteiger partial charge in [0.15, 0.2) is 0 Å². The highest BCUT2D eigenvalue weighted by molar-refractivity contribution is 5.01. The van der Waals surface area contributed by atoms with Crippen molar-refractivity contribution in [3.05, 3.63) is 22.7 Å². The molecule has 0 aliphatic carbocycles. The average molecular weight is 197 g/mol. The van der Waals surface area contributed by atoms with E-state index in [-0.39, 0.29) is 11.4 Å². The van der Waals surface area contributed by atoms with Gasteiger partial charge in [0, 0.05) is 25.0 Å². The van der Waals surface area contributed by atoms with Crippen LogP contribution in [0.3, 0.4) is 0 Å². The van der Waals surface area contributed by atoms with Crippen LogP contribution < -0.4 is 15.6 Å². The summed E-state index contributed by atoms with van der Waals surface area (Å²) < 4.78 is 5.17. The van der Waals surface area contributed by atoms with Crippen LogP contribution in [0.1, 0.15) is 13.8 Å². The van der Waals surface area contributed by atoms with E-state index in [2.05, 4.69) is 15.3 Å². The third-order valence-electron chi connectivity index (χ3n) is 1.57. The molecule has 0 bridgehead atoms. The molecule has 2 N–H and O–H groups in total. The summed E-state index contributed by atoms with van der Waals surface area (Å²) in [6, 6.07) is 0.417. The molecular formula is C9H15N3O2. The van der Waals surface area contributed by atoms with Crippen molar-refractivity contribution in [2.24, 2.45) is 0 Å². The molecule has 5 heteroatoms. The molecule has 0 saturated heterocycles. The van der Waals surface area contributed by atoms with E-state index in [1.807, 2.05) is 13.8 Å². The van der Waals surface area contributed by atoms with Gasteiger partial charge in [-0.3, -0.25) is 4.79 Å². The van der Waals surface area contributed by atoms with E-state index >= 15 is 0 Å². The van der Waals surface area contributed by atoms with Gasteiger partial charge >= 0.3 is 5.56 Å². The van der Waals surface area contributed by atoms with Gasteiger partial charge in [-0.2, -0.15) is 0 Å². The molecule has 1 rings (SSSR count). The van der Waals surface area contributed by atoms with Gasteiger partial charge in [0.05, 0.1) is 0 Å². The Kier molecular flexibility index (Phi) is 4.12. The first kappa shape index (κ1) is 10.7. The molecule has 1 heterocycles. The van der Waals surface area contributed by atoms with Crippen LogP contribution in [0.25, 0.3) is 0 Å². The smallest absolute Gasteiger partial charge is 0.310 e. The molecule has 78 valence electrons. The van der Waals surface area contributed by atoms with Crippen LogP contribution in [-0.4, -0.2) is 29.2 Å². The molecule has 0 unspecified atom stereocenters. The predicted octanol–water partition coefficient (Wildman–Crippen LogP) is 0.147. The fraction of sp³-hybridized carbons (Fsp3) is 0.556. The van der Waals surface area contributed by atoms with Crippen LogP contribution in [0.2, 0.25) is 0 Å². The van der Waals surface area contributed by atoms with E-state index < -0.39 is 0 Å². The number of hydrogen-bond acceptors (Lipinski definition) is 4. The van der Waals surface area contributed by atoms with E-state index in [1.165, 1.54) is 12.4 Å². The van der Waals surface area contributed by atoms with Crippen molar-refractivity contribution in [2.75, 3.05) is 13.2 Å². The summed E-state index contributed by atoms with van der Waals surface area (Å²) >= 11 is 0. The van der Waals surface area contributed by atoms with Crippen molar-refractivity contribution in [3.63, 3.8) is 0 Å². The van der Waals surface area contributed by atoms with Gasteiger partial charge in [0.2, 0.25) is 0 Å². The number of H-pyrrole nitrogens is 1. The quantitative estimate of drug-likeness (QED) is 0.659.